The molecule has 3 rings (SSSR count). The lowest BCUT2D eigenvalue weighted by Crippen LogP contribution is -2.48. The van der Waals surface area contributed by atoms with Crippen LogP contribution in [0.3, 0.4) is 0 Å². The van der Waals surface area contributed by atoms with Crippen LogP contribution in [-0.2, 0) is 11.3 Å². The Hall–Kier alpha value is -2.47. The topological polar surface area (TPSA) is 73.9 Å². The van der Waals surface area contributed by atoms with E-state index in [0.717, 1.165) is 44.8 Å². The minimum atomic E-state index is -0.382. The monoisotopic (exact) mass is 536 g/mol. The van der Waals surface area contributed by atoms with Crippen LogP contribution in [0.5, 0.6) is 5.75 Å². The van der Waals surface area contributed by atoms with Gasteiger partial charge < -0.3 is 15.4 Å². The Balaban J connectivity index is 1.43. The van der Waals surface area contributed by atoms with Gasteiger partial charge in [-0.3, -0.25) is 19.4 Å². The molecule has 1 heterocycles. The standard InChI is InChI=1S/C25H27Cl3N4O3/c1-2-7-29-24(33)17-35-23-15-19(26)4-5-20(23)25(34)30-8-9-31-10-12-32(13-11-31)16-18-3-6-21(27)22(28)14-18/h1,3-6,14-15H,7-13,16-17H2,(H,29,33)(H,30,34). The van der Waals surface area contributed by atoms with Crippen molar-refractivity contribution < 1.29 is 14.3 Å². The van der Waals surface area contributed by atoms with Crippen LogP contribution in [0.1, 0.15) is 15.9 Å². The highest BCUT2D eigenvalue weighted by atomic mass is 35.5. The molecule has 0 aliphatic carbocycles. The number of terminal acetylenes is 1. The molecule has 0 radical (unpaired) electrons. The first-order chi connectivity index (χ1) is 16.9. The number of carbonyl (C=O) groups excluding carboxylic acids is 2. The van der Waals surface area contributed by atoms with Gasteiger partial charge in [-0.2, -0.15) is 0 Å². The summed E-state index contributed by atoms with van der Waals surface area (Å²) in [7, 11) is 0. The van der Waals surface area contributed by atoms with Crippen LogP contribution in [0.4, 0.5) is 0 Å². The van der Waals surface area contributed by atoms with E-state index in [4.69, 9.17) is 46.0 Å². The Morgan fingerprint density at radius 3 is 2.43 bits per heavy atom. The molecular formula is C25H27Cl3N4O3. The minimum absolute atomic E-state index is 0.106. The van der Waals surface area contributed by atoms with Gasteiger partial charge in [-0.1, -0.05) is 46.8 Å². The van der Waals surface area contributed by atoms with Gasteiger partial charge in [0.15, 0.2) is 6.61 Å². The van der Waals surface area contributed by atoms with Crippen molar-refractivity contribution in [1.82, 2.24) is 20.4 Å². The van der Waals surface area contributed by atoms with E-state index in [1.165, 1.54) is 6.07 Å². The van der Waals surface area contributed by atoms with Gasteiger partial charge in [-0.15, -0.1) is 6.42 Å². The van der Waals surface area contributed by atoms with Gasteiger partial charge in [0.05, 0.1) is 22.2 Å². The number of hydrogen-bond donors (Lipinski definition) is 2. The third-order valence-corrected chi connectivity index (χ3v) is 6.48. The molecule has 0 bridgehead atoms. The van der Waals surface area contributed by atoms with Gasteiger partial charge in [0.1, 0.15) is 5.75 Å². The SMILES string of the molecule is C#CCNC(=O)COc1cc(Cl)ccc1C(=O)NCCN1CCN(Cc2ccc(Cl)c(Cl)c2)CC1. The number of ether oxygens (including phenoxy) is 1. The maximum absolute atomic E-state index is 12.7. The summed E-state index contributed by atoms with van der Waals surface area (Å²) in [6.07, 6.45) is 5.13. The molecule has 1 aliphatic heterocycles. The predicted molar refractivity (Wildman–Crippen MR) is 139 cm³/mol. The van der Waals surface area contributed by atoms with E-state index in [9.17, 15) is 9.59 Å². The number of carbonyl (C=O) groups is 2. The first kappa shape index (κ1) is 27.1. The fraction of sp³-hybridized carbons (Fsp3) is 0.360. The molecule has 1 fully saturated rings. The number of hydrogen-bond acceptors (Lipinski definition) is 5. The highest BCUT2D eigenvalue weighted by molar-refractivity contribution is 6.42. The first-order valence-corrected chi connectivity index (χ1v) is 12.3. The van der Waals surface area contributed by atoms with E-state index >= 15 is 0 Å². The molecule has 0 unspecified atom stereocenters. The van der Waals surface area contributed by atoms with Crippen LogP contribution in [0.25, 0.3) is 0 Å². The molecule has 35 heavy (non-hydrogen) atoms. The Morgan fingerprint density at radius 1 is 0.971 bits per heavy atom. The average Bonchev–Trinajstić information content (AvgIpc) is 2.84. The molecule has 2 aromatic carbocycles. The van der Waals surface area contributed by atoms with Crippen molar-refractivity contribution in [3.8, 4) is 18.1 Å². The van der Waals surface area contributed by atoms with E-state index in [1.54, 1.807) is 12.1 Å². The van der Waals surface area contributed by atoms with Crippen molar-refractivity contribution in [3.05, 3.63) is 62.6 Å². The maximum atomic E-state index is 12.7. The zero-order valence-corrected chi connectivity index (χ0v) is 21.4. The summed E-state index contributed by atoms with van der Waals surface area (Å²) in [5, 5.41) is 6.95. The number of rotatable bonds is 10. The fourth-order valence-corrected chi connectivity index (χ4v) is 4.12. The second-order valence-electron chi connectivity index (χ2n) is 8.03. The van der Waals surface area contributed by atoms with E-state index in [0.29, 0.717) is 27.2 Å². The van der Waals surface area contributed by atoms with Crippen LogP contribution in [0.15, 0.2) is 36.4 Å². The molecule has 10 heteroatoms. The smallest absolute Gasteiger partial charge is 0.258 e. The molecule has 2 aromatic rings. The molecule has 0 saturated carbocycles. The largest absolute Gasteiger partial charge is 0.483 e. The summed E-state index contributed by atoms with van der Waals surface area (Å²) in [5.74, 6) is 1.88. The fourth-order valence-electron chi connectivity index (χ4n) is 3.64. The molecule has 7 nitrogen and oxygen atoms in total. The number of piperazine rings is 1. The molecule has 186 valence electrons. The lowest BCUT2D eigenvalue weighted by atomic mass is 10.2. The minimum Gasteiger partial charge on any atom is -0.483 e. The number of nitrogens with zero attached hydrogens (tertiary/aromatic N) is 2. The van der Waals surface area contributed by atoms with E-state index in [2.05, 4.69) is 26.4 Å². The summed E-state index contributed by atoms with van der Waals surface area (Å²) >= 11 is 18.2. The van der Waals surface area contributed by atoms with Gasteiger partial charge in [-0.25, -0.2) is 0 Å². The Kier molecular flexibility index (Phi) is 10.5. The van der Waals surface area contributed by atoms with Crippen molar-refractivity contribution in [1.29, 1.82) is 0 Å². The normalized spacial score (nSPS) is 14.2. The molecule has 0 atom stereocenters. The highest BCUT2D eigenvalue weighted by Crippen LogP contribution is 2.24. The molecule has 1 aliphatic rings. The lowest BCUT2D eigenvalue weighted by Gasteiger charge is -2.34. The molecule has 1 saturated heterocycles. The van der Waals surface area contributed by atoms with Crippen molar-refractivity contribution in [2.75, 3.05) is 52.4 Å². The van der Waals surface area contributed by atoms with Crippen LogP contribution in [0.2, 0.25) is 15.1 Å². The third-order valence-electron chi connectivity index (χ3n) is 5.50. The average molecular weight is 538 g/mol. The summed E-state index contributed by atoms with van der Waals surface area (Å²) in [4.78, 5) is 29.2. The molecule has 0 spiro atoms. The quantitative estimate of drug-likeness (QED) is 0.455. The first-order valence-electron chi connectivity index (χ1n) is 11.1. The van der Waals surface area contributed by atoms with Crippen molar-refractivity contribution in [2.45, 2.75) is 6.54 Å². The van der Waals surface area contributed by atoms with Gasteiger partial charge >= 0.3 is 0 Å². The summed E-state index contributed by atoms with van der Waals surface area (Å²) in [6, 6.07) is 10.4. The number of nitrogens with one attached hydrogen (secondary N) is 2. The van der Waals surface area contributed by atoms with Crippen LogP contribution >= 0.6 is 34.8 Å². The van der Waals surface area contributed by atoms with Gasteiger partial charge in [0, 0.05) is 50.8 Å². The van der Waals surface area contributed by atoms with Gasteiger partial charge in [0.2, 0.25) is 0 Å². The molecule has 2 N–H and O–H groups in total. The lowest BCUT2D eigenvalue weighted by molar-refractivity contribution is -0.122. The Labute approximate surface area is 220 Å². The number of amides is 2. The second kappa shape index (κ2) is 13.6. The van der Waals surface area contributed by atoms with E-state index in [-0.39, 0.29) is 30.7 Å². The summed E-state index contributed by atoms with van der Waals surface area (Å²) in [6.45, 7) is 5.51. The van der Waals surface area contributed by atoms with E-state index < -0.39 is 0 Å². The molecule has 0 aromatic heterocycles. The maximum Gasteiger partial charge on any atom is 0.258 e. The van der Waals surface area contributed by atoms with Crippen LogP contribution in [0, 0.1) is 12.3 Å². The zero-order valence-electron chi connectivity index (χ0n) is 19.2. The van der Waals surface area contributed by atoms with Crippen LogP contribution in [-0.4, -0.2) is 74.0 Å². The van der Waals surface area contributed by atoms with E-state index in [1.807, 2.05) is 18.2 Å². The third kappa shape index (κ3) is 8.60. The van der Waals surface area contributed by atoms with Crippen molar-refractivity contribution in [3.63, 3.8) is 0 Å². The molecule has 2 amide bonds. The molecular weight excluding hydrogens is 511 g/mol. The summed E-state index contributed by atoms with van der Waals surface area (Å²) < 4.78 is 5.51. The van der Waals surface area contributed by atoms with Gasteiger partial charge in [0.25, 0.3) is 11.8 Å². The number of benzene rings is 2. The highest BCUT2D eigenvalue weighted by Gasteiger charge is 2.18. The Bertz CT molecular complexity index is 1080. The second-order valence-corrected chi connectivity index (χ2v) is 9.28. The predicted octanol–water partition coefficient (Wildman–Crippen LogP) is 3.32. The number of halogens is 3. The Morgan fingerprint density at radius 2 is 1.71 bits per heavy atom. The van der Waals surface area contributed by atoms with Crippen molar-refractivity contribution >= 4 is 46.6 Å². The summed E-state index contributed by atoms with van der Waals surface area (Å²) in [5.41, 5.74) is 1.44. The van der Waals surface area contributed by atoms with Gasteiger partial charge in [-0.05, 0) is 35.9 Å². The van der Waals surface area contributed by atoms with Crippen molar-refractivity contribution in [2.24, 2.45) is 0 Å². The van der Waals surface area contributed by atoms with Crippen LogP contribution < -0.4 is 15.4 Å². The zero-order chi connectivity index (χ0) is 25.2.